The van der Waals surface area contributed by atoms with Crippen LogP contribution in [-0.4, -0.2) is 37.1 Å². The van der Waals surface area contributed by atoms with Gasteiger partial charge in [0.2, 0.25) is 5.91 Å². The van der Waals surface area contributed by atoms with Crippen LogP contribution >= 0.6 is 0 Å². The van der Waals surface area contributed by atoms with Crippen molar-refractivity contribution in [2.75, 3.05) is 23.3 Å². The predicted molar refractivity (Wildman–Crippen MR) is 110 cm³/mol. The smallest absolute Gasteiger partial charge is 0.369 e. The van der Waals surface area contributed by atoms with Crippen molar-refractivity contribution in [3.8, 4) is 0 Å². The van der Waals surface area contributed by atoms with E-state index in [0.29, 0.717) is 23.4 Å². The summed E-state index contributed by atoms with van der Waals surface area (Å²) in [6, 6.07) is 14.7. The average Bonchev–Trinajstić information content (AvgIpc) is 3.16. The number of carbonyl (C=O) groups excluding carboxylic acids is 2. The highest BCUT2D eigenvalue weighted by Gasteiger charge is 2.28. The number of aryl methyl sites for hydroxylation is 1. The Kier molecular flexibility index (Phi) is 6.64. The van der Waals surface area contributed by atoms with Crippen LogP contribution < -0.4 is 15.5 Å². The molecule has 1 unspecified atom stereocenters. The molecule has 1 fully saturated rings. The second-order valence-electron chi connectivity index (χ2n) is 7.43. The maximum Gasteiger partial charge on any atom is 0.389 e. The van der Waals surface area contributed by atoms with Gasteiger partial charge in [-0.15, -0.1) is 0 Å². The standard InChI is InChI=1S/C22H24F3N3O2/c1-15-7-8-16(13-19(15)27-20(29)9-11-22(23,24)25)21(30)26-17-10-12-28(14-17)18-5-3-2-4-6-18/h2-8,13,17H,9-12,14H2,1H3,(H,26,30)(H,27,29). The number of nitrogens with one attached hydrogen (secondary N) is 2. The molecule has 2 amide bonds. The van der Waals surface area contributed by atoms with E-state index in [1.165, 1.54) is 6.07 Å². The number of amides is 2. The van der Waals surface area contributed by atoms with Gasteiger partial charge in [-0.1, -0.05) is 24.3 Å². The lowest BCUT2D eigenvalue weighted by atomic mass is 10.1. The lowest BCUT2D eigenvalue weighted by Gasteiger charge is -2.19. The van der Waals surface area contributed by atoms with Gasteiger partial charge in [0.25, 0.3) is 5.91 Å². The Labute approximate surface area is 173 Å². The molecule has 0 aromatic heterocycles. The van der Waals surface area contributed by atoms with E-state index in [1.54, 1.807) is 19.1 Å². The van der Waals surface area contributed by atoms with Gasteiger partial charge < -0.3 is 15.5 Å². The molecule has 0 aliphatic carbocycles. The molecule has 30 heavy (non-hydrogen) atoms. The zero-order chi connectivity index (χ0) is 21.7. The van der Waals surface area contributed by atoms with Crippen molar-refractivity contribution in [3.05, 3.63) is 59.7 Å². The van der Waals surface area contributed by atoms with Gasteiger partial charge in [-0.2, -0.15) is 13.2 Å². The third kappa shape index (κ3) is 5.98. The first-order valence-electron chi connectivity index (χ1n) is 9.79. The molecular weight excluding hydrogens is 395 g/mol. The van der Waals surface area contributed by atoms with Gasteiger partial charge in [-0.25, -0.2) is 0 Å². The van der Waals surface area contributed by atoms with Crippen LogP contribution in [0.15, 0.2) is 48.5 Å². The van der Waals surface area contributed by atoms with E-state index in [0.717, 1.165) is 18.7 Å². The number of benzene rings is 2. The van der Waals surface area contributed by atoms with Crippen LogP contribution in [0.1, 0.15) is 35.2 Å². The fourth-order valence-corrected chi connectivity index (χ4v) is 3.39. The van der Waals surface area contributed by atoms with Gasteiger partial charge in [0.05, 0.1) is 6.42 Å². The number of nitrogens with zero attached hydrogens (tertiary/aromatic N) is 1. The number of rotatable bonds is 6. The first-order valence-corrected chi connectivity index (χ1v) is 9.79. The number of alkyl halides is 3. The topological polar surface area (TPSA) is 61.4 Å². The summed E-state index contributed by atoms with van der Waals surface area (Å²) in [6.07, 6.45) is -5.41. The Morgan fingerprint density at radius 2 is 1.87 bits per heavy atom. The number of para-hydroxylation sites is 1. The highest BCUT2D eigenvalue weighted by atomic mass is 19.4. The molecule has 1 aliphatic heterocycles. The van der Waals surface area contributed by atoms with E-state index in [1.807, 2.05) is 30.3 Å². The highest BCUT2D eigenvalue weighted by molar-refractivity contribution is 5.98. The third-order valence-corrected chi connectivity index (χ3v) is 5.05. The normalized spacial score (nSPS) is 16.4. The third-order valence-electron chi connectivity index (χ3n) is 5.05. The van der Waals surface area contributed by atoms with Gasteiger partial charge in [-0.05, 0) is 43.2 Å². The van der Waals surface area contributed by atoms with E-state index < -0.39 is 24.9 Å². The largest absolute Gasteiger partial charge is 0.389 e. The summed E-state index contributed by atoms with van der Waals surface area (Å²) in [5.41, 5.74) is 2.47. The van der Waals surface area contributed by atoms with Gasteiger partial charge >= 0.3 is 6.18 Å². The number of carbonyl (C=O) groups is 2. The van der Waals surface area contributed by atoms with Crippen molar-refractivity contribution in [2.24, 2.45) is 0 Å². The second-order valence-corrected chi connectivity index (χ2v) is 7.43. The van der Waals surface area contributed by atoms with Crippen molar-refractivity contribution in [1.29, 1.82) is 0 Å². The highest BCUT2D eigenvalue weighted by Crippen LogP contribution is 2.23. The summed E-state index contributed by atoms with van der Waals surface area (Å²) in [4.78, 5) is 26.7. The van der Waals surface area contributed by atoms with Crippen molar-refractivity contribution in [3.63, 3.8) is 0 Å². The quantitative estimate of drug-likeness (QED) is 0.735. The molecule has 3 rings (SSSR count). The Hall–Kier alpha value is -3.03. The molecule has 0 radical (unpaired) electrons. The summed E-state index contributed by atoms with van der Waals surface area (Å²) in [6.45, 7) is 3.25. The molecule has 2 aromatic carbocycles. The van der Waals surface area contributed by atoms with Crippen LogP contribution in [0.3, 0.4) is 0 Å². The molecule has 1 heterocycles. The van der Waals surface area contributed by atoms with Crippen molar-refractivity contribution in [1.82, 2.24) is 5.32 Å². The van der Waals surface area contributed by atoms with Gasteiger partial charge in [-0.3, -0.25) is 9.59 Å². The van der Waals surface area contributed by atoms with Crippen LogP contribution in [0.5, 0.6) is 0 Å². The minimum atomic E-state index is -4.39. The van der Waals surface area contributed by atoms with E-state index in [4.69, 9.17) is 0 Å². The minimum Gasteiger partial charge on any atom is -0.369 e. The average molecular weight is 419 g/mol. The monoisotopic (exact) mass is 419 g/mol. The van der Waals surface area contributed by atoms with Crippen molar-refractivity contribution < 1.29 is 22.8 Å². The predicted octanol–water partition coefficient (Wildman–Crippen LogP) is 4.28. The fraction of sp³-hybridized carbons (Fsp3) is 0.364. The van der Waals surface area contributed by atoms with Crippen LogP contribution in [0.2, 0.25) is 0 Å². The molecule has 160 valence electrons. The molecule has 8 heteroatoms. The summed E-state index contributed by atoms with van der Waals surface area (Å²) in [7, 11) is 0. The molecule has 2 N–H and O–H groups in total. The summed E-state index contributed by atoms with van der Waals surface area (Å²) in [5.74, 6) is -1.01. The molecule has 0 saturated carbocycles. The van der Waals surface area contributed by atoms with Crippen molar-refractivity contribution >= 4 is 23.2 Å². The number of halogens is 3. The Morgan fingerprint density at radius 3 is 2.57 bits per heavy atom. The van der Waals surface area contributed by atoms with E-state index in [-0.39, 0.29) is 11.9 Å². The lowest BCUT2D eigenvalue weighted by Crippen LogP contribution is -2.37. The van der Waals surface area contributed by atoms with Gasteiger partial charge in [0.1, 0.15) is 0 Å². The molecule has 1 saturated heterocycles. The zero-order valence-electron chi connectivity index (χ0n) is 16.6. The Balaban J connectivity index is 1.59. The van der Waals surface area contributed by atoms with Crippen LogP contribution in [0.25, 0.3) is 0 Å². The van der Waals surface area contributed by atoms with E-state index >= 15 is 0 Å². The first-order chi connectivity index (χ1) is 14.2. The number of hydrogen-bond acceptors (Lipinski definition) is 3. The van der Waals surface area contributed by atoms with Crippen LogP contribution in [-0.2, 0) is 4.79 Å². The van der Waals surface area contributed by atoms with Crippen LogP contribution in [0, 0.1) is 6.92 Å². The van der Waals surface area contributed by atoms with Crippen molar-refractivity contribution in [2.45, 2.75) is 38.4 Å². The number of hydrogen-bond donors (Lipinski definition) is 2. The SMILES string of the molecule is Cc1ccc(C(=O)NC2CCN(c3ccccc3)C2)cc1NC(=O)CCC(F)(F)F. The van der Waals surface area contributed by atoms with E-state index in [2.05, 4.69) is 15.5 Å². The van der Waals surface area contributed by atoms with Gasteiger partial charge in [0.15, 0.2) is 0 Å². The maximum absolute atomic E-state index is 12.7. The van der Waals surface area contributed by atoms with Gasteiger partial charge in [0, 0.05) is 42.5 Å². The Morgan fingerprint density at radius 1 is 1.13 bits per heavy atom. The summed E-state index contributed by atoms with van der Waals surface area (Å²) < 4.78 is 36.9. The second kappa shape index (κ2) is 9.19. The molecule has 1 atom stereocenters. The first kappa shape index (κ1) is 21.7. The Bertz CT molecular complexity index is 900. The van der Waals surface area contributed by atoms with E-state index in [9.17, 15) is 22.8 Å². The number of anilines is 2. The molecular formula is C22H24F3N3O2. The molecule has 5 nitrogen and oxygen atoms in total. The molecule has 0 spiro atoms. The fourth-order valence-electron chi connectivity index (χ4n) is 3.39. The zero-order valence-corrected chi connectivity index (χ0v) is 16.6. The molecule has 1 aliphatic rings. The molecule has 2 aromatic rings. The summed E-state index contributed by atoms with van der Waals surface area (Å²) >= 11 is 0. The summed E-state index contributed by atoms with van der Waals surface area (Å²) in [5, 5.41) is 5.47. The lowest BCUT2D eigenvalue weighted by molar-refractivity contribution is -0.142. The maximum atomic E-state index is 12.7. The molecule has 0 bridgehead atoms. The van der Waals surface area contributed by atoms with Crippen LogP contribution in [0.4, 0.5) is 24.5 Å². The minimum absolute atomic E-state index is 0.0103.